The van der Waals surface area contributed by atoms with Crippen molar-refractivity contribution in [2.75, 3.05) is 11.5 Å². The van der Waals surface area contributed by atoms with Crippen molar-refractivity contribution in [1.82, 2.24) is 9.78 Å². The lowest BCUT2D eigenvalue weighted by atomic mass is 10.4. The highest BCUT2D eigenvalue weighted by Crippen LogP contribution is 2.18. The normalized spacial score (nSPS) is 13.2. The maximum Gasteiger partial charge on any atom is 0.159 e. The van der Waals surface area contributed by atoms with Crippen molar-refractivity contribution in [3.8, 4) is 0 Å². The second kappa shape index (κ2) is 3.11. The minimum atomic E-state index is -1.93. The molecule has 0 radical (unpaired) electrons. The Hall–Kier alpha value is -1.08. The summed E-state index contributed by atoms with van der Waals surface area (Å²) in [4.78, 5) is 0. The van der Waals surface area contributed by atoms with E-state index in [-0.39, 0.29) is 11.4 Å². The summed E-state index contributed by atoms with van der Waals surface area (Å²) in [6.07, 6.45) is 0. The fraction of sp³-hybridized carbons (Fsp3) is 0.400. The van der Waals surface area contributed by atoms with E-state index in [4.69, 9.17) is 16.0 Å². The summed E-state index contributed by atoms with van der Waals surface area (Å²) in [5, 5.41) is 3.86. The summed E-state index contributed by atoms with van der Waals surface area (Å²) in [6.45, 7) is 0. The van der Waals surface area contributed by atoms with Crippen molar-refractivity contribution in [3.05, 3.63) is 5.69 Å². The Kier molecular flexibility index (Phi) is 2.34. The first kappa shape index (κ1) is 9.01. The van der Waals surface area contributed by atoms with Gasteiger partial charge >= 0.3 is 0 Å². The van der Waals surface area contributed by atoms with Gasteiger partial charge in [-0.3, -0.25) is 4.68 Å². The highest BCUT2D eigenvalue weighted by Gasteiger charge is 2.11. The number of rotatable bonds is 2. The van der Waals surface area contributed by atoms with Gasteiger partial charge in [0.1, 0.15) is 11.5 Å². The second-order valence-corrected chi connectivity index (χ2v) is 3.27. The molecule has 1 heterocycles. The molecule has 6 nitrogen and oxygen atoms in total. The molecule has 0 spiro atoms. The molecule has 0 aromatic carbocycles. The van der Waals surface area contributed by atoms with E-state index in [1.54, 1.807) is 7.05 Å². The minimum absolute atomic E-state index is 0.0864. The van der Waals surface area contributed by atoms with E-state index < -0.39 is 11.1 Å². The van der Waals surface area contributed by atoms with Crippen LogP contribution in [0, 0.1) is 0 Å². The van der Waals surface area contributed by atoms with E-state index in [1.165, 1.54) is 4.68 Å². The summed E-state index contributed by atoms with van der Waals surface area (Å²) < 4.78 is 20.3. The zero-order chi connectivity index (χ0) is 9.30. The highest BCUT2D eigenvalue weighted by atomic mass is 32.2. The van der Waals surface area contributed by atoms with E-state index >= 15 is 0 Å². The van der Waals surface area contributed by atoms with Gasteiger partial charge in [0.05, 0.1) is 11.4 Å². The van der Waals surface area contributed by atoms with E-state index in [1.807, 2.05) is 0 Å². The van der Waals surface area contributed by atoms with Crippen LogP contribution in [0.15, 0.2) is 0 Å². The summed E-state index contributed by atoms with van der Waals surface area (Å²) in [5.41, 5.74) is 11.6. The van der Waals surface area contributed by atoms with Crippen molar-refractivity contribution in [2.24, 2.45) is 7.05 Å². The van der Waals surface area contributed by atoms with Crippen LogP contribution in [0.4, 0.5) is 11.5 Å². The smallest absolute Gasteiger partial charge is 0.159 e. The fourth-order valence-corrected chi connectivity index (χ4v) is 1.28. The molecule has 0 bridgehead atoms. The number of nitrogens with zero attached hydrogens (tertiary/aromatic N) is 2. The molecule has 1 aromatic heterocycles. The summed E-state index contributed by atoms with van der Waals surface area (Å²) in [5.74, 6) is 0.229. The number of anilines is 2. The van der Waals surface area contributed by atoms with Crippen LogP contribution >= 0.6 is 0 Å². The molecule has 5 N–H and O–H groups in total. The average Bonchev–Trinajstić information content (AvgIpc) is 2.17. The van der Waals surface area contributed by atoms with Gasteiger partial charge < -0.3 is 16.0 Å². The largest absolute Gasteiger partial charge is 0.394 e. The van der Waals surface area contributed by atoms with Crippen molar-refractivity contribution >= 4 is 22.6 Å². The van der Waals surface area contributed by atoms with Gasteiger partial charge in [0.15, 0.2) is 11.1 Å². The van der Waals surface area contributed by atoms with Crippen LogP contribution < -0.4 is 11.5 Å². The van der Waals surface area contributed by atoms with Crippen molar-refractivity contribution < 1.29 is 8.76 Å². The predicted octanol–water partition coefficient (Wildman–Crippen LogP) is -0.694. The monoisotopic (exact) mass is 190 g/mol. The molecule has 7 heteroatoms. The zero-order valence-corrected chi connectivity index (χ0v) is 7.34. The molecule has 0 saturated heterocycles. The summed E-state index contributed by atoms with van der Waals surface area (Å²) >= 11 is -1.93. The zero-order valence-electron chi connectivity index (χ0n) is 6.52. The van der Waals surface area contributed by atoms with Gasteiger partial charge in [0, 0.05) is 7.05 Å². The molecule has 0 fully saturated rings. The van der Waals surface area contributed by atoms with Gasteiger partial charge in [0.2, 0.25) is 0 Å². The highest BCUT2D eigenvalue weighted by molar-refractivity contribution is 7.78. The molecule has 1 atom stereocenters. The first-order valence-corrected chi connectivity index (χ1v) is 4.44. The van der Waals surface area contributed by atoms with Gasteiger partial charge in [-0.2, -0.15) is 5.10 Å². The number of aryl methyl sites for hydroxylation is 1. The minimum Gasteiger partial charge on any atom is -0.394 e. The molecule has 12 heavy (non-hydrogen) atoms. The molecule has 68 valence electrons. The van der Waals surface area contributed by atoms with Gasteiger partial charge in [-0.25, -0.2) is 4.21 Å². The topological polar surface area (TPSA) is 107 Å². The number of nitrogens with two attached hydrogens (primary N) is 2. The van der Waals surface area contributed by atoms with Crippen LogP contribution in [0.25, 0.3) is 0 Å². The molecule has 0 aliphatic carbocycles. The Bertz CT molecular complexity index is 321. The number of nitrogen functional groups attached to an aromatic ring is 2. The van der Waals surface area contributed by atoms with Crippen LogP contribution in [0.2, 0.25) is 0 Å². The van der Waals surface area contributed by atoms with Gasteiger partial charge in [0.25, 0.3) is 0 Å². The average molecular weight is 190 g/mol. The second-order valence-electron chi connectivity index (χ2n) is 2.34. The molecule has 1 unspecified atom stereocenters. The molecule has 0 aliphatic heterocycles. The third-order valence-electron chi connectivity index (χ3n) is 1.47. The molecule has 1 aromatic rings. The van der Waals surface area contributed by atoms with Gasteiger partial charge in [-0.1, -0.05) is 0 Å². The van der Waals surface area contributed by atoms with Crippen LogP contribution in [0.5, 0.6) is 0 Å². The standard InChI is InChI=1S/C5H10N4O2S/c1-9-5(7)4(6)3(8-9)2-12(10)11/h2,6-7H2,1H3,(H,10,11). The molecular formula is C5H10N4O2S. The Morgan fingerprint density at radius 2 is 2.25 bits per heavy atom. The first-order valence-electron chi connectivity index (χ1n) is 3.16. The Morgan fingerprint density at radius 3 is 2.58 bits per heavy atom. The predicted molar refractivity (Wildman–Crippen MR) is 46.5 cm³/mol. The Balaban J connectivity index is 3.01. The number of hydrogen-bond acceptors (Lipinski definition) is 4. The quantitative estimate of drug-likeness (QED) is 0.535. The van der Waals surface area contributed by atoms with Crippen LogP contribution in [-0.4, -0.2) is 18.5 Å². The lowest BCUT2D eigenvalue weighted by Gasteiger charge is -1.92. The third kappa shape index (κ3) is 1.56. The Morgan fingerprint density at radius 1 is 1.67 bits per heavy atom. The lowest BCUT2D eigenvalue weighted by Crippen LogP contribution is -1.99. The molecule has 1 rings (SSSR count). The van der Waals surface area contributed by atoms with E-state index in [2.05, 4.69) is 5.10 Å². The van der Waals surface area contributed by atoms with Crippen LogP contribution in [-0.2, 0) is 23.9 Å². The fourth-order valence-electron chi connectivity index (χ4n) is 0.835. The maximum absolute atomic E-state index is 10.4. The van der Waals surface area contributed by atoms with E-state index in [0.717, 1.165) is 0 Å². The van der Waals surface area contributed by atoms with E-state index in [9.17, 15) is 4.21 Å². The maximum atomic E-state index is 10.4. The summed E-state index contributed by atoms with van der Waals surface area (Å²) in [7, 11) is 1.62. The van der Waals surface area contributed by atoms with Gasteiger partial charge in [-0.05, 0) is 0 Å². The Labute approximate surface area is 71.8 Å². The molecule has 0 aliphatic rings. The van der Waals surface area contributed by atoms with Crippen molar-refractivity contribution in [1.29, 1.82) is 0 Å². The molecule has 0 amide bonds. The van der Waals surface area contributed by atoms with Gasteiger partial charge in [-0.15, -0.1) is 0 Å². The lowest BCUT2D eigenvalue weighted by molar-refractivity contribution is 0.562. The number of aromatic nitrogens is 2. The molecule has 0 saturated carbocycles. The molecular weight excluding hydrogens is 180 g/mol. The number of hydrogen-bond donors (Lipinski definition) is 3. The summed E-state index contributed by atoms with van der Waals surface area (Å²) in [6, 6.07) is 0. The van der Waals surface area contributed by atoms with Crippen LogP contribution in [0.3, 0.4) is 0 Å². The third-order valence-corrected chi connectivity index (χ3v) is 1.99. The van der Waals surface area contributed by atoms with Crippen molar-refractivity contribution in [3.63, 3.8) is 0 Å². The van der Waals surface area contributed by atoms with E-state index in [0.29, 0.717) is 11.5 Å². The SMILES string of the molecule is Cn1nc(CS(=O)O)c(N)c1N. The van der Waals surface area contributed by atoms with Crippen molar-refractivity contribution in [2.45, 2.75) is 5.75 Å². The van der Waals surface area contributed by atoms with Crippen LogP contribution in [0.1, 0.15) is 5.69 Å². The first-order chi connectivity index (χ1) is 5.52.